The minimum absolute atomic E-state index is 0.0515. The quantitative estimate of drug-likeness (QED) is 0.723. The second-order valence-corrected chi connectivity index (χ2v) is 5.86. The number of hydrogen-bond acceptors (Lipinski definition) is 3. The lowest BCUT2D eigenvalue weighted by atomic mass is 10.3. The SMILES string of the molecule is O=C1CCS(=O)(=O)c2cc(Cl)c(F)cc2N1. The lowest BCUT2D eigenvalue weighted by molar-refractivity contribution is -0.115. The number of hydrogen-bond donors (Lipinski definition) is 1. The normalized spacial score (nSPS) is 18.5. The molecule has 1 amide bonds. The van der Waals surface area contributed by atoms with Gasteiger partial charge in [-0.2, -0.15) is 0 Å². The molecule has 2 rings (SSSR count). The Morgan fingerprint density at radius 2 is 2.06 bits per heavy atom. The minimum Gasteiger partial charge on any atom is -0.325 e. The Morgan fingerprint density at radius 3 is 2.75 bits per heavy atom. The number of anilines is 1. The van der Waals surface area contributed by atoms with E-state index in [0.29, 0.717) is 0 Å². The molecule has 0 fully saturated rings. The highest BCUT2D eigenvalue weighted by molar-refractivity contribution is 7.91. The van der Waals surface area contributed by atoms with Crippen LogP contribution in [0.25, 0.3) is 0 Å². The molecule has 1 N–H and O–H groups in total. The summed E-state index contributed by atoms with van der Waals surface area (Å²) in [4.78, 5) is 11.1. The van der Waals surface area contributed by atoms with Crippen LogP contribution < -0.4 is 5.32 Å². The van der Waals surface area contributed by atoms with Gasteiger partial charge in [0.05, 0.1) is 21.4 Å². The Hall–Kier alpha value is -1.14. The lowest BCUT2D eigenvalue weighted by Crippen LogP contribution is -2.11. The topological polar surface area (TPSA) is 63.2 Å². The van der Waals surface area contributed by atoms with Crippen LogP contribution in [0.15, 0.2) is 17.0 Å². The third kappa shape index (κ3) is 1.90. The molecule has 0 spiro atoms. The van der Waals surface area contributed by atoms with E-state index >= 15 is 0 Å². The van der Waals surface area contributed by atoms with E-state index in [2.05, 4.69) is 5.32 Å². The number of carbonyl (C=O) groups is 1. The molecule has 0 aliphatic carbocycles. The molecule has 1 aromatic rings. The van der Waals surface area contributed by atoms with Crippen LogP contribution in [0.3, 0.4) is 0 Å². The van der Waals surface area contributed by atoms with E-state index in [1.165, 1.54) is 0 Å². The highest BCUT2D eigenvalue weighted by Crippen LogP contribution is 2.30. The summed E-state index contributed by atoms with van der Waals surface area (Å²) in [6, 6.07) is 1.94. The summed E-state index contributed by atoms with van der Waals surface area (Å²) in [5, 5.41) is 2.05. The van der Waals surface area contributed by atoms with Gasteiger partial charge >= 0.3 is 0 Å². The number of amides is 1. The number of fused-ring (bicyclic) bond motifs is 1. The second kappa shape index (κ2) is 3.71. The molecule has 7 heteroatoms. The molecule has 1 aromatic carbocycles. The fraction of sp³-hybridized carbons (Fsp3) is 0.222. The molecular weight excluding hydrogens is 257 g/mol. The van der Waals surface area contributed by atoms with Gasteiger partial charge in [-0.25, -0.2) is 12.8 Å². The van der Waals surface area contributed by atoms with Crippen LogP contribution in [-0.4, -0.2) is 20.1 Å². The number of benzene rings is 1. The van der Waals surface area contributed by atoms with Crippen molar-refractivity contribution in [3.05, 3.63) is 23.0 Å². The van der Waals surface area contributed by atoms with E-state index < -0.39 is 21.6 Å². The van der Waals surface area contributed by atoms with Crippen LogP contribution in [0.1, 0.15) is 6.42 Å². The molecule has 0 unspecified atom stereocenters. The molecule has 16 heavy (non-hydrogen) atoms. The monoisotopic (exact) mass is 263 g/mol. The number of rotatable bonds is 0. The van der Waals surface area contributed by atoms with Crippen molar-refractivity contribution in [1.29, 1.82) is 0 Å². The summed E-state index contributed by atoms with van der Waals surface area (Å²) in [5.74, 6) is -1.52. The van der Waals surface area contributed by atoms with E-state index in [0.717, 1.165) is 12.1 Å². The molecule has 0 atom stereocenters. The third-order valence-electron chi connectivity index (χ3n) is 2.23. The summed E-state index contributed by atoms with van der Waals surface area (Å²) in [7, 11) is -3.59. The van der Waals surface area contributed by atoms with Crippen molar-refractivity contribution in [3.63, 3.8) is 0 Å². The van der Waals surface area contributed by atoms with E-state index in [1.807, 2.05) is 0 Å². The number of sulfone groups is 1. The number of halogens is 2. The molecule has 86 valence electrons. The van der Waals surface area contributed by atoms with Crippen molar-refractivity contribution in [2.45, 2.75) is 11.3 Å². The first-order valence-corrected chi connectivity index (χ1v) is 6.45. The average Bonchev–Trinajstić information content (AvgIpc) is 2.29. The minimum atomic E-state index is -3.59. The van der Waals surface area contributed by atoms with Crippen LogP contribution in [-0.2, 0) is 14.6 Å². The van der Waals surface area contributed by atoms with Crippen molar-refractivity contribution < 1.29 is 17.6 Å². The van der Waals surface area contributed by atoms with Crippen molar-refractivity contribution in [2.75, 3.05) is 11.1 Å². The molecule has 0 saturated heterocycles. The molecular formula is C9H7ClFNO3S. The fourth-order valence-electron chi connectivity index (χ4n) is 1.43. The standard InChI is InChI=1S/C9H7ClFNO3S/c10-5-3-8-7(4-6(5)11)12-9(13)1-2-16(8,14)15/h3-4H,1-2H2,(H,12,13). The molecule has 1 heterocycles. The molecule has 4 nitrogen and oxygen atoms in total. The summed E-state index contributed by atoms with van der Waals surface area (Å²) in [5.41, 5.74) is -0.0515. The average molecular weight is 264 g/mol. The van der Waals surface area contributed by atoms with Gasteiger partial charge in [0.25, 0.3) is 0 Å². The third-order valence-corrected chi connectivity index (χ3v) is 4.27. The van der Waals surface area contributed by atoms with Gasteiger partial charge in [-0.15, -0.1) is 0 Å². The molecule has 1 aliphatic rings. The largest absolute Gasteiger partial charge is 0.325 e. The lowest BCUT2D eigenvalue weighted by Gasteiger charge is -2.07. The molecule has 1 aliphatic heterocycles. The van der Waals surface area contributed by atoms with E-state index in [1.54, 1.807) is 0 Å². The fourth-order valence-corrected chi connectivity index (χ4v) is 3.08. The van der Waals surface area contributed by atoms with Gasteiger partial charge in [-0.05, 0) is 6.07 Å². The summed E-state index contributed by atoms with van der Waals surface area (Å²) in [6.07, 6.45) is -0.143. The summed E-state index contributed by atoms with van der Waals surface area (Å²) >= 11 is 5.51. The predicted octanol–water partition coefficient (Wildman–Crippen LogP) is 1.59. The second-order valence-electron chi connectivity index (χ2n) is 3.38. The van der Waals surface area contributed by atoms with Crippen LogP contribution in [0.4, 0.5) is 10.1 Å². The maximum absolute atomic E-state index is 13.1. The maximum Gasteiger partial charge on any atom is 0.225 e. The maximum atomic E-state index is 13.1. The molecule has 0 bridgehead atoms. The van der Waals surface area contributed by atoms with Crippen LogP contribution >= 0.6 is 11.6 Å². The molecule has 0 aromatic heterocycles. The Balaban J connectivity index is 2.71. The smallest absolute Gasteiger partial charge is 0.225 e. The highest BCUT2D eigenvalue weighted by atomic mass is 35.5. The first-order chi connectivity index (χ1) is 7.40. The predicted molar refractivity (Wildman–Crippen MR) is 56.7 cm³/mol. The Kier molecular flexibility index (Phi) is 2.63. The van der Waals surface area contributed by atoms with Crippen LogP contribution in [0.2, 0.25) is 5.02 Å². The van der Waals surface area contributed by atoms with E-state index in [-0.39, 0.29) is 27.8 Å². The van der Waals surface area contributed by atoms with E-state index in [9.17, 15) is 17.6 Å². The van der Waals surface area contributed by atoms with Gasteiger partial charge in [-0.3, -0.25) is 4.79 Å². The van der Waals surface area contributed by atoms with Crippen molar-refractivity contribution in [3.8, 4) is 0 Å². The van der Waals surface area contributed by atoms with Gasteiger partial charge < -0.3 is 5.32 Å². The van der Waals surface area contributed by atoms with Gasteiger partial charge in [0.1, 0.15) is 5.82 Å². The molecule has 0 saturated carbocycles. The van der Waals surface area contributed by atoms with E-state index in [4.69, 9.17) is 11.6 Å². The highest BCUT2D eigenvalue weighted by Gasteiger charge is 2.26. The Bertz CT molecular complexity index is 570. The number of carbonyl (C=O) groups excluding carboxylic acids is 1. The first-order valence-electron chi connectivity index (χ1n) is 4.42. The number of nitrogens with one attached hydrogen (secondary N) is 1. The van der Waals surface area contributed by atoms with Gasteiger partial charge in [-0.1, -0.05) is 11.6 Å². The molecule has 0 radical (unpaired) electrons. The summed E-state index contributed by atoms with van der Waals surface area (Å²) < 4.78 is 36.6. The first kappa shape index (κ1) is 11.3. The zero-order chi connectivity index (χ0) is 11.9. The van der Waals surface area contributed by atoms with Crippen molar-refractivity contribution in [2.24, 2.45) is 0 Å². The Labute approximate surface area is 96.3 Å². The van der Waals surface area contributed by atoms with Gasteiger partial charge in [0.15, 0.2) is 9.84 Å². The van der Waals surface area contributed by atoms with Crippen molar-refractivity contribution >= 4 is 33.0 Å². The van der Waals surface area contributed by atoms with Crippen molar-refractivity contribution in [1.82, 2.24) is 0 Å². The summed E-state index contributed by atoms with van der Waals surface area (Å²) in [6.45, 7) is 0. The van der Waals surface area contributed by atoms with Gasteiger partial charge in [0, 0.05) is 12.5 Å². The van der Waals surface area contributed by atoms with Crippen LogP contribution in [0, 0.1) is 5.82 Å². The van der Waals surface area contributed by atoms with Gasteiger partial charge in [0.2, 0.25) is 5.91 Å². The zero-order valence-corrected chi connectivity index (χ0v) is 9.53. The Morgan fingerprint density at radius 1 is 1.38 bits per heavy atom. The zero-order valence-electron chi connectivity index (χ0n) is 7.96. The van der Waals surface area contributed by atoms with Crippen LogP contribution in [0.5, 0.6) is 0 Å².